The summed E-state index contributed by atoms with van der Waals surface area (Å²) >= 11 is 0. The van der Waals surface area contributed by atoms with Gasteiger partial charge in [0.2, 0.25) is 5.96 Å². The molecule has 0 saturated carbocycles. The van der Waals surface area contributed by atoms with E-state index in [9.17, 15) is 0 Å². The molecule has 5 nitrogen and oxygen atoms in total. The highest BCUT2D eigenvalue weighted by Crippen LogP contribution is 1.82. The smallest absolute Gasteiger partial charge is 0.203 e. The van der Waals surface area contributed by atoms with Gasteiger partial charge in [-0.05, 0) is 6.42 Å². The van der Waals surface area contributed by atoms with Crippen molar-refractivity contribution in [3.05, 3.63) is 12.7 Å². The maximum Gasteiger partial charge on any atom is 0.203 e. The molecule has 0 saturated heterocycles. The van der Waals surface area contributed by atoms with Gasteiger partial charge in [-0.15, -0.1) is 6.58 Å². The van der Waals surface area contributed by atoms with Gasteiger partial charge in [-0.2, -0.15) is 0 Å². The summed E-state index contributed by atoms with van der Waals surface area (Å²) in [6, 6.07) is 0. The van der Waals surface area contributed by atoms with Crippen LogP contribution in [0.3, 0.4) is 0 Å². The largest absolute Gasteiger partial charge is 0.379 e. The Kier molecular flexibility index (Phi) is 7.31. The molecule has 5 heteroatoms. The summed E-state index contributed by atoms with van der Waals surface area (Å²) in [5.41, 5.74) is 7.48. The normalized spacial score (nSPS) is 11.2. The van der Waals surface area contributed by atoms with E-state index in [1.165, 1.54) is 0 Å². The van der Waals surface area contributed by atoms with Crippen molar-refractivity contribution in [1.29, 1.82) is 0 Å². The summed E-state index contributed by atoms with van der Waals surface area (Å²) < 4.78 is 5.17. The van der Waals surface area contributed by atoms with Crippen LogP contribution in [-0.2, 0) is 4.74 Å². The van der Waals surface area contributed by atoms with Crippen LogP contribution in [0.4, 0.5) is 0 Å². The van der Waals surface area contributed by atoms with Crippen molar-refractivity contribution in [3.8, 4) is 0 Å². The van der Waals surface area contributed by atoms with Crippen molar-refractivity contribution in [2.24, 2.45) is 16.6 Å². The van der Waals surface area contributed by atoms with Crippen molar-refractivity contribution in [2.75, 3.05) is 19.8 Å². The Morgan fingerprint density at radius 3 is 2.92 bits per heavy atom. The lowest BCUT2D eigenvalue weighted by Gasteiger charge is -2.00. The van der Waals surface area contributed by atoms with Gasteiger partial charge >= 0.3 is 0 Å². The Hall–Kier alpha value is -1.07. The van der Waals surface area contributed by atoms with E-state index in [1.807, 2.05) is 0 Å². The maximum atomic E-state index is 5.26. The highest BCUT2D eigenvalue weighted by atomic mass is 16.5. The molecule has 5 N–H and O–H groups in total. The number of hydrazine groups is 1. The van der Waals surface area contributed by atoms with Crippen LogP contribution in [0.1, 0.15) is 6.42 Å². The van der Waals surface area contributed by atoms with E-state index in [2.05, 4.69) is 17.0 Å². The van der Waals surface area contributed by atoms with Crippen LogP contribution in [0.2, 0.25) is 0 Å². The number of ether oxygens (including phenoxy) is 1. The Labute approximate surface area is 72.4 Å². The SMILES string of the molecule is C=CCCOCCN=C(N)NN. The molecule has 0 bridgehead atoms. The molecule has 0 aromatic carbocycles. The summed E-state index contributed by atoms with van der Waals surface area (Å²) in [6.07, 6.45) is 2.66. The number of hydrogen-bond acceptors (Lipinski definition) is 3. The minimum Gasteiger partial charge on any atom is -0.379 e. The Morgan fingerprint density at radius 1 is 1.58 bits per heavy atom. The zero-order valence-corrected chi connectivity index (χ0v) is 7.12. The van der Waals surface area contributed by atoms with E-state index >= 15 is 0 Å². The van der Waals surface area contributed by atoms with Crippen molar-refractivity contribution in [1.82, 2.24) is 5.43 Å². The number of guanidine groups is 1. The van der Waals surface area contributed by atoms with Gasteiger partial charge in [0.25, 0.3) is 0 Å². The number of nitrogens with one attached hydrogen (secondary N) is 1. The minimum absolute atomic E-state index is 0.224. The summed E-state index contributed by atoms with van der Waals surface area (Å²) in [5, 5.41) is 0. The summed E-state index contributed by atoms with van der Waals surface area (Å²) in [6.45, 7) is 5.31. The number of nitrogens with zero attached hydrogens (tertiary/aromatic N) is 1. The first-order valence-electron chi connectivity index (χ1n) is 3.76. The molecule has 0 radical (unpaired) electrons. The van der Waals surface area contributed by atoms with Gasteiger partial charge < -0.3 is 10.5 Å². The predicted molar refractivity (Wildman–Crippen MR) is 49.4 cm³/mol. The third-order valence-electron chi connectivity index (χ3n) is 1.13. The highest BCUT2D eigenvalue weighted by molar-refractivity contribution is 5.77. The zero-order chi connectivity index (χ0) is 9.23. The van der Waals surface area contributed by atoms with Crippen LogP contribution in [0, 0.1) is 0 Å². The van der Waals surface area contributed by atoms with Crippen LogP contribution < -0.4 is 17.0 Å². The van der Waals surface area contributed by atoms with Crippen LogP contribution in [-0.4, -0.2) is 25.7 Å². The van der Waals surface area contributed by atoms with E-state index in [0.717, 1.165) is 6.42 Å². The van der Waals surface area contributed by atoms with Crippen molar-refractivity contribution in [3.63, 3.8) is 0 Å². The Balaban J connectivity index is 3.15. The lowest BCUT2D eigenvalue weighted by atomic mass is 10.5. The van der Waals surface area contributed by atoms with Crippen LogP contribution in [0.15, 0.2) is 17.6 Å². The molecule has 0 aliphatic rings. The molecular formula is C7H16N4O. The van der Waals surface area contributed by atoms with Crippen LogP contribution in [0.5, 0.6) is 0 Å². The summed E-state index contributed by atoms with van der Waals surface area (Å²) in [5.74, 6) is 5.20. The fraction of sp³-hybridized carbons (Fsp3) is 0.571. The van der Waals surface area contributed by atoms with Crippen LogP contribution in [0.25, 0.3) is 0 Å². The third-order valence-corrected chi connectivity index (χ3v) is 1.13. The summed E-state index contributed by atoms with van der Waals surface area (Å²) in [4.78, 5) is 3.85. The lowest BCUT2D eigenvalue weighted by molar-refractivity contribution is 0.146. The first kappa shape index (κ1) is 10.9. The molecule has 0 fully saturated rings. The van der Waals surface area contributed by atoms with E-state index in [4.69, 9.17) is 16.3 Å². The van der Waals surface area contributed by atoms with Crippen molar-refractivity contribution >= 4 is 5.96 Å². The molecule has 0 aromatic rings. The van der Waals surface area contributed by atoms with Gasteiger partial charge in [0.1, 0.15) is 0 Å². The van der Waals surface area contributed by atoms with Crippen LogP contribution >= 0.6 is 0 Å². The lowest BCUT2D eigenvalue weighted by Crippen LogP contribution is -2.37. The van der Waals surface area contributed by atoms with Gasteiger partial charge in [0.15, 0.2) is 0 Å². The molecule has 0 aromatic heterocycles. The molecule has 0 aliphatic carbocycles. The molecule has 0 unspecified atom stereocenters. The number of aliphatic imine (C=N–C) groups is 1. The third kappa shape index (κ3) is 7.04. The minimum atomic E-state index is 0.224. The van der Waals surface area contributed by atoms with Gasteiger partial charge in [0.05, 0.1) is 19.8 Å². The Morgan fingerprint density at radius 2 is 2.33 bits per heavy atom. The first-order valence-corrected chi connectivity index (χ1v) is 3.76. The fourth-order valence-electron chi connectivity index (χ4n) is 0.545. The molecule has 0 aliphatic heterocycles. The molecule has 0 spiro atoms. The van der Waals surface area contributed by atoms with E-state index in [1.54, 1.807) is 6.08 Å². The predicted octanol–water partition coefficient (Wildman–Crippen LogP) is -0.643. The molecule has 0 atom stereocenters. The fourth-order valence-corrected chi connectivity index (χ4v) is 0.545. The highest BCUT2D eigenvalue weighted by Gasteiger charge is 1.86. The first-order chi connectivity index (χ1) is 5.81. The van der Waals surface area contributed by atoms with E-state index in [-0.39, 0.29) is 5.96 Å². The van der Waals surface area contributed by atoms with Crippen molar-refractivity contribution in [2.45, 2.75) is 6.42 Å². The quantitative estimate of drug-likeness (QED) is 0.124. The second-order valence-corrected chi connectivity index (χ2v) is 2.10. The second-order valence-electron chi connectivity index (χ2n) is 2.10. The molecule has 0 amide bonds. The molecule has 12 heavy (non-hydrogen) atoms. The molecule has 70 valence electrons. The second kappa shape index (κ2) is 8.03. The topological polar surface area (TPSA) is 85.7 Å². The van der Waals surface area contributed by atoms with E-state index in [0.29, 0.717) is 19.8 Å². The van der Waals surface area contributed by atoms with Gasteiger partial charge in [-0.1, -0.05) is 6.08 Å². The van der Waals surface area contributed by atoms with Gasteiger partial charge in [0, 0.05) is 0 Å². The van der Waals surface area contributed by atoms with Gasteiger partial charge in [-0.3, -0.25) is 5.43 Å². The average molecular weight is 172 g/mol. The maximum absolute atomic E-state index is 5.26. The zero-order valence-electron chi connectivity index (χ0n) is 7.12. The summed E-state index contributed by atoms with van der Waals surface area (Å²) in [7, 11) is 0. The average Bonchev–Trinajstić information content (AvgIpc) is 2.10. The number of rotatable bonds is 6. The molecular weight excluding hydrogens is 156 g/mol. The van der Waals surface area contributed by atoms with Crippen molar-refractivity contribution < 1.29 is 4.74 Å². The molecule has 0 heterocycles. The monoisotopic (exact) mass is 172 g/mol. The standard InChI is InChI=1S/C7H16N4O/c1-2-3-5-12-6-4-10-7(8)11-9/h2H,1,3-6,9H2,(H3,8,10,11). The van der Waals surface area contributed by atoms with Gasteiger partial charge in [-0.25, -0.2) is 10.8 Å². The number of hydrogen-bond donors (Lipinski definition) is 3. The molecule has 0 rings (SSSR count). The Bertz CT molecular complexity index is 146. The number of nitrogens with two attached hydrogens (primary N) is 2. The van der Waals surface area contributed by atoms with E-state index < -0.39 is 0 Å².